The van der Waals surface area contributed by atoms with Gasteiger partial charge in [-0.1, -0.05) is 6.07 Å². The van der Waals surface area contributed by atoms with E-state index in [1.165, 1.54) is 6.07 Å². The van der Waals surface area contributed by atoms with E-state index in [0.717, 1.165) is 38.5 Å². The molecule has 25 heavy (non-hydrogen) atoms. The van der Waals surface area contributed by atoms with Crippen LogP contribution in [-0.4, -0.2) is 47.9 Å². The summed E-state index contributed by atoms with van der Waals surface area (Å²) in [5.41, 5.74) is 1.06. The minimum absolute atomic E-state index is 0.109. The van der Waals surface area contributed by atoms with Crippen molar-refractivity contribution >= 4 is 11.6 Å². The maximum Gasteiger partial charge on any atom is 0.241 e. The first-order chi connectivity index (χ1) is 12.0. The molecule has 1 aliphatic heterocycles. The van der Waals surface area contributed by atoms with Gasteiger partial charge in [-0.15, -0.1) is 0 Å². The molecule has 0 radical (unpaired) electrons. The number of hydrogen-bond acceptors (Lipinski definition) is 4. The maximum atomic E-state index is 13.6. The Hall–Kier alpha value is -2.18. The van der Waals surface area contributed by atoms with Gasteiger partial charge < -0.3 is 9.73 Å². The fraction of sp³-hybridized carbons (Fsp3) is 0.421. The lowest BCUT2D eigenvalue weighted by atomic mass is 10.2. The molecule has 6 heteroatoms. The number of rotatable bonds is 5. The Bertz CT molecular complexity index is 709. The molecule has 1 aliphatic rings. The quantitative estimate of drug-likeness (QED) is 0.905. The Morgan fingerprint density at radius 3 is 2.68 bits per heavy atom. The lowest BCUT2D eigenvalue weighted by Gasteiger charge is -2.37. The maximum absolute atomic E-state index is 13.6. The third-order valence-electron chi connectivity index (χ3n) is 4.73. The molecule has 1 saturated heterocycles. The summed E-state index contributed by atoms with van der Waals surface area (Å²) >= 11 is 0. The van der Waals surface area contributed by atoms with Crippen molar-refractivity contribution in [1.29, 1.82) is 0 Å². The molecule has 1 atom stereocenters. The number of amides is 1. The van der Waals surface area contributed by atoms with E-state index >= 15 is 0 Å². The summed E-state index contributed by atoms with van der Waals surface area (Å²) in [5, 5.41) is 2.81. The monoisotopic (exact) mass is 345 g/mol. The molecule has 2 aromatic rings. The highest BCUT2D eigenvalue weighted by molar-refractivity contribution is 5.94. The second-order valence-corrected chi connectivity index (χ2v) is 6.52. The second kappa shape index (κ2) is 7.80. The molecule has 1 amide bonds. The van der Waals surface area contributed by atoms with Gasteiger partial charge in [-0.2, -0.15) is 0 Å². The lowest BCUT2D eigenvalue weighted by Crippen LogP contribution is -2.52. The van der Waals surface area contributed by atoms with Gasteiger partial charge in [-0.3, -0.25) is 14.6 Å². The van der Waals surface area contributed by atoms with Crippen molar-refractivity contribution in [1.82, 2.24) is 9.80 Å². The van der Waals surface area contributed by atoms with Crippen LogP contribution < -0.4 is 5.32 Å². The van der Waals surface area contributed by atoms with E-state index in [9.17, 15) is 9.18 Å². The van der Waals surface area contributed by atoms with Crippen LogP contribution in [-0.2, 0) is 11.3 Å². The SMILES string of the molecule is Cc1ccc(NC(=O)C(C)N2CCN(Cc3ccco3)CC2)cc1F. The molecule has 1 aromatic carbocycles. The van der Waals surface area contributed by atoms with Gasteiger partial charge >= 0.3 is 0 Å². The van der Waals surface area contributed by atoms with Crippen LogP contribution in [0.15, 0.2) is 41.0 Å². The Kier molecular flexibility index (Phi) is 5.50. The zero-order valence-corrected chi connectivity index (χ0v) is 14.7. The van der Waals surface area contributed by atoms with Crippen LogP contribution in [0.25, 0.3) is 0 Å². The standard InChI is InChI=1S/C19H24FN3O2/c1-14-5-6-16(12-18(14)20)21-19(24)15(2)23-9-7-22(8-10-23)13-17-4-3-11-25-17/h3-6,11-12,15H,7-10,13H2,1-2H3,(H,21,24). The van der Waals surface area contributed by atoms with Gasteiger partial charge in [0, 0.05) is 31.9 Å². The number of nitrogens with one attached hydrogen (secondary N) is 1. The number of anilines is 1. The van der Waals surface area contributed by atoms with Crippen LogP contribution in [0.5, 0.6) is 0 Å². The highest BCUT2D eigenvalue weighted by Gasteiger charge is 2.26. The first-order valence-corrected chi connectivity index (χ1v) is 8.59. The van der Waals surface area contributed by atoms with E-state index in [2.05, 4.69) is 15.1 Å². The minimum atomic E-state index is -0.308. The van der Waals surface area contributed by atoms with E-state index in [1.54, 1.807) is 25.3 Å². The molecular weight excluding hydrogens is 321 g/mol. The number of furan rings is 1. The number of aryl methyl sites for hydroxylation is 1. The lowest BCUT2D eigenvalue weighted by molar-refractivity contribution is -0.121. The Morgan fingerprint density at radius 1 is 1.28 bits per heavy atom. The molecule has 1 aromatic heterocycles. The topological polar surface area (TPSA) is 48.7 Å². The Morgan fingerprint density at radius 2 is 2.04 bits per heavy atom. The van der Waals surface area contributed by atoms with E-state index in [0.29, 0.717) is 11.3 Å². The van der Waals surface area contributed by atoms with Crippen molar-refractivity contribution in [3.63, 3.8) is 0 Å². The molecule has 2 heterocycles. The molecule has 0 saturated carbocycles. The minimum Gasteiger partial charge on any atom is -0.468 e. The van der Waals surface area contributed by atoms with Crippen molar-refractivity contribution in [3.05, 3.63) is 53.7 Å². The van der Waals surface area contributed by atoms with E-state index in [1.807, 2.05) is 19.1 Å². The van der Waals surface area contributed by atoms with Gasteiger partial charge in [-0.25, -0.2) is 4.39 Å². The molecule has 134 valence electrons. The summed E-state index contributed by atoms with van der Waals surface area (Å²) < 4.78 is 19.0. The fourth-order valence-corrected chi connectivity index (χ4v) is 3.01. The Balaban J connectivity index is 1.50. The fourth-order valence-electron chi connectivity index (χ4n) is 3.01. The van der Waals surface area contributed by atoms with E-state index < -0.39 is 0 Å². The third-order valence-corrected chi connectivity index (χ3v) is 4.73. The van der Waals surface area contributed by atoms with Gasteiger partial charge in [0.05, 0.1) is 18.8 Å². The van der Waals surface area contributed by atoms with Crippen LogP contribution in [0.2, 0.25) is 0 Å². The number of piperazine rings is 1. The predicted octanol–water partition coefficient (Wildman–Crippen LogP) is 2.87. The molecule has 3 rings (SSSR count). The van der Waals surface area contributed by atoms with Crippen LogP contribution in [0.1, 0.15) is 18.2 Å². The predicted molar refractivity (Wildman–Crippen MR) is 94.8 cm³/mol. The van der Waals surface area contributed by atoms with Gasteiger partial charge in [0.15, 0.2) is 0 Å². The van der Waals surface area contributed by atoms with E-state index in [-0.39, 0.29) is 17.8 Å². The molecule has 1 N–H and O–H groups in total. The molecule has 1 unspecified atom stereocenters. The van der Waals surface area contributed by atoms with E-state index in [4.69, 9.17) is 4.42 Å². The van der Waals surface area contributed by atoms with Gasteiger partial charge in [0.2, 0.25) is 5.91 Å². The highest BCUT2D eigenvalue weighted by Crippen LogP contribution is 2.16. The smallest absolute Gasteiger partial charge is 0.241 e. The number of carbonyl (C=O) groups excluding carboxylic acids is 1. The van der Waals surface area contributed by atoms with Gasteiger partial charge in [0.25, 0.3) is 0 Å². The molecule has 1 fully saturated rings. The summed E-state index contributed by atoms with van der Waals surface area (Å²) in [6.07, 6.45) is 1.69. The summed E-state index contributed by atoms with van der Waals surface area (Å²) in [7, 11) is 0. The number of nitrogens with zero attached hydrogens (tertiary/aromatic N) is 2. The first kappa shape index (κ1) is 17.6. The zero-order chi connectivity index (χ0) is 17.8. The molecule has 5 nitrogen and oxygen atoms in total. The third kappa shape index (κ3) is 4.46. The summed E-state index contributed by atoms with van der Waals surface area (Å²) in [6, 6.07) is 8.37. The summed E-state index contributed by atoms with van der Waals surface area (Å²) in [6.45, 7) is 7.79. The normalized spacial score (nSPS) is 17.4. The largest absolute Gasteiger partial charge is 0.468 e. The van der Waals surface area contributed by atoms with Crippen LogP contribution >= 0.6 is 0 Å². The molecule has 0 bridgehead atoms. The highest BCUT2D eigenvalue weighted by atomic mass is 19.1. The van der Waals surface area contributed by atoms with Crippen molar-refractivity contribution in [2.45, 2.75) is 26.4 Å². The second-order valence-electron chi connectivity index (χ2n) is 6.52. The summed E-state index contributed by atoms with van der Waals surface area (Å²) in [5.74, 6) is 0.542. The number of carbonyl (C=O) groups is 1. The van der Waals surface area contributed by atoms with Crippen molar-refractivity contribution < 1.29 is 13.6 Å². The number of hydrogen-bond donors (Lipinski definition) is 1. The molecular formula is C19H24FN3O2. The van der Waals surface area contributed by atoms with Crippen LogP contribution in [0.4, 0.5) is 10.1 Å². The van der Waals surface area contributed by atoms with Crippen LogP contribution in [0, 0.1) is 12.7 Å². The number of halogens is 1. The van der Waals surface area contributed by atoms with Gasteiger partial charge in [-0.05, 0) is 43.7 Å². The van der Waals surface area contributed by atoms with Gasteiger partial charge in [0.1, 0.15) is 11.6 Å². The van der Waals surface area contributed by atoms with Crippen molar-refractivity contribution in [3.8, 4) is 0 Å². The average molecular weight is 345 g/mol. The molecule has 0 spiro atoms. The van der Waals surface area contributed by atoms with Crippen molar-refractivity contribution in [2.24, 2.45) is 0 Å². The average Bonchev–Trinajstić information content (AvgIpc) is 3.11. The van der Waals surface area contributed by atoms with Crippen molar-refractivity contribution in [2.75, 3.05) is 31.5 Å². The summed E-state index contributed by atoms with van der Waals surface area (Å²) in [4.78, 5) is 16.9. The molecule has 0 aliphatic carbocycles. The number of benzene rings is 1. The first-order valence-electron chi connectivity index (χ1n) is 8.59. The van der Waals surface area contributed by atoms with Crippen LogP contribution in [0.3, 0.4) is 0 Å². The zero-order valence-electron chi connectivity index (χ0n) is 14.7. The Labute approximate surface area is 147 Å².